The molecule has 0 unspecified atom stereocenters. The number of benzene rings is 1. The van der Waals surface area contributed by atoms with Crippen molar-refractivity contribution in [1.82, 2.24) is 9.88 Å². The van der Waals surface area contributed by atoms with Crippen LogP contribution in [0.5, 0.6) is 5.75 Å². The van der Waals surface area contributed by atoms with Crippen LogP contribution in [-0.4, -0.2) is 19.6 Å². The van der Waals surface area contributed by atoms with Gasteiger partial charge < -0.3 is 9.26 Å². The summed E-state index contributed by atoms with van der Waals surface area (Å²) in [6, 6.07) is 4.88. The topological polar surface area (TPSA) is 81.4 Å². The average Bonchev–Trinajstić information content (AvgIpc) is 3.04. The van der Waals surface area contributed by atoms with E-state index in [-0.39, 0.29) is 10.9 Å². The lowest BCUT2D eigenvalue weighted by atomic mass is 9.96. The van der Waals surface area contributed by atoms with E-state index in [2.05, 4.69) is 9.88 Å². The van der Waals surface area contributed by atoms with Crippen molar-refractivity contribution in [2.24, 2.45) is 0 Å². The van der Waals surface area contributed by atoms with E-state index in [1.54, 1.807) is 24.4 Å². The second kappa shape index (κ2) is 5.65. The minimum atomic E-state index is -3.55. The molecule has 0 bridgehead atoms. The Morgan fingerprint density at radius 3 is 2.83 bits per heavy atom. The quantitative estimate of drug-likeness (QED) is 0.933. The molecule has 1 aliphatic heterocycles. The molecule has 4 rings (SSSR count). The van der Waals surface area contributed by atoms with Crippen molar-refractivity contribution in [3.8, 4) is 17.1 Å². The van der Waals surface area contributed by atoms with Crippen molar-refractivity contribution in [3.63, 3.8) is 0 Å². The Hall–Kier alpha value is -1.86. The summed E-state index contributed by atoms with van der Waals surface area (Å²) in [4.78, 5) is 0.231. The summed E-state index contributed by atoms with van der Waals surface area (Å²) in [6.45, 7) is 0.387. The van der Waals surface area contributed by atoms with Crippen LogP contribution in [0.3, 0.4) is 0 Å². The molecule has 23 heavy (non-hydrogen) atoms. The molecule has 6 nitrogen and oxygen atoms in total. The number of hydrogen-bond acceptors (Lipinski definition) is 5. The summed E-state index contributed by atoms with van der Waals surface area (Å²) in [6.07, 6.45) is 6.74. The minimum absolute atomic E-state index is 0.0295. The standard InChI is InChI=1S/C16H18N2O4S/c19-23(20,18-12-4-2-1-3-5-12)13-6-7-15-14(8-13)16-11(10-21-15)9-17-22-16/h6-9,12,18H,1-5,10H2. The smallest absolute Gasteiger partial charge is 0.240 e. The summed E-state index contributed by atoms with van der Waals surface area (Å²) < 4.78 is 39.0. The van der Waals surface area contributed by atoms with Gasteiger partial charge in [0, 0.05) is 6.04 Å². The van der Waals surface area contributed by atoms with Gasteiger partial charge in [0.05, 0.1) is 22.2 Å². The number of hydrogen-bond donors (Lipinski definition) is 1. The van der Waals surface area contributed by atoms with E-state index in [9.17, 15) is 8.42 Å². The zero-order valence-corrected chi connectivity index (χ0v) is 13.4. The summed E-state index contributed by atoms with van der Waals surface area (Å²) >= 11 is 0. The van der Waals surface area contributed by atoms with Gasteiger partial charge in [-0.25, -0.2) is 13.1 Å². The van der Waals surface area contributed by atoms with E-state index in [0.29, 0.717) is 23.7 Å². The van der Waals surface area contributed by atoms with Crippen molar-refractivity contribution < 1.29 is 17.7 Å². The van der Waals surface area contributed by atoms with Crippen LogP contribution in [0.15, 0.2) is 33.8 Å². The molecule has 7 heteroatoms. The van der Waals surface area contributed by atoms with Gasteiger partial charge in [-0.05, 0) is 31.0 Å². The normalized spacial score (nSPS) is 18.1. The molecule has 0 amide bonds. The fraction of sp³-hybridized carbons (Fsp3) is 0.438. The van der Waals surface area contributed by atoms with Crippen molar-refractivity contribution in [2.45, 2.75) is 49.6 Å². The largest absolute Gasteiger partial charge is 0.488 e. The summed E-state index contributed by atoms with van der Waals surface area (Å²) in [5.41, 5.74) is 1.46. The number of aromatic nitrogens is 1. The molecule has 2 heterocycles. The van der Waals surface area contributed by atoms with E-state index < -0.39 is 10.0 Å². The maximum atomic E-state index is 12.6. The average molecular weight is 334 g/mol. The molecule has 0 spiro atoms. The third kappa shape index (κ3) is 2.74. The second-order valence-corrected chi connectivity index (χ2v) is 7.80. The Labute approximate surface area is 134 Å². The van der Waals surface area contributed by atoms with Gasteiger partial charge in [0.2, 0.25) is 10.0 Å². The van der Waals surface area contributed by atoms with E-state index in [0.717, 1.165) is 31.2 Å². The molecule has 1 aromatic carbocycles. The van der Waals surface area contributed by atoms with Crippen molar-refractivity contribution in [2.75, 3.05) is 0 Å². The molecule has 2 aliphatic rings. The zero-order chi connectivity index (χ0) is 15.9. The lowest BCUT2D eigenvalue weighted by Gasteiger charge is -2.23. The summed E-state index contributed by atoms with van der Waals surface area (Å²) in [7, 11) is -3.55. The van der Waals surface area contributed by atoms with Crippen LogP contribution >= 0.6 is 0 Å². The van der Waals surface area contributed by atoms with Gasteiger partial charge in [-0.1, -0.05) is 24.4 Å². The predicted octanol–water partition coefficient (Wildman–Crippen LogP) is 2.85. The lowest BCUT2D eigenvalue weighted by molar-refractivity contribution is 0.297. The molecule has 1 aromatic heterocycles. The fourth-order valence-corrected chi connectivity index (χ4v) is 4.56. The van der Waals surface area contributed by atoms with Crippen molar-refractivity contribution in [3.05, 3.63) is 30.0 Å². The number of rotatable bonds is 3. The highest BCUT2D eigenvalue weighted by Gasteiger charge is 2.26. The Morgan fingerprint density at radius 2 is 2.00 bits per heavy atom. The maximum absolute atomic E-state index is 12.6. The van der Waals surface area contributed by atoms with E-state index >= 15 is 0 Å². The Balaban J connectivity index is 1.66. The first kappa shape index (κ1) is 14.7. The highest BCUT2D eigenvalue weighted by atomic mass is 32.2. The molecular weight excluding hydrogens is 316 g/mol. The molecule has 1 aliphatic carbocycles. The molecule has 1 saturated carbocycles. The molecule has 0 radical (unpaired) electrons. The third-order valence-corrected chi connectivity index (χ3v) is 5.98. The first-order valence-corrected chi connectivity index (χ1v) is 9.35. The van der Waals surface area contributed by atoms with Crippen molar-refractivity contribution in [1.29, 1.82) is 0 Å². The van der Waals surface area contributed by atoms with Gasteiger partial charge in [-0.2, -0.15) is 0 Å². The number of nitrogens with zero attached hydrogens (tertiary/aromatic N) is 1. The van der Waals surface area contributed by atoms with Gasteiger partial charge in [-0.15, -0.1) is 0 Å². The molecule has 1 N–H and O–H groups in total. The number of nitrogens with one attached hydrogen (secondary N) is 1. The van der Waals surface area contributed by atoms with E-state index in [4.69, 9.17) is 9.26 Å². The fourth-order valence-electron chi connectivity index (χ4n) is 3.23. The molecule has 1 fully saturated rings. The van der Waals surface area contributed by atoms with Gasteiger partial charge in [0.1, 0.15) is 12.4 Å². The number of ether oxygens (including phenoxy) is 1. The maximum Gasteiger partial charge on any atom is 0.240 e. The molecule has 0 saturated heterocycles. The van der Waals surface area contributed by atoms with Gasteiger partial charge in [-0.3, -0.25) is 0 Å². The van der Waals surface area contributed by atoms with Crippen LogP contribution in [-0.2, 0) is 16.6 Å². The van der Waals surface area contributed by atoms with Crippen LogP contribution in [0.1, 0.15) is 37.7 Å². The third-order valence-electron chi connectivity index (χ3n) is 4.46. The lowest BCUT2D eigenvalue weighted by Crippen LogP contribution is -2.36. The zero-order valence-electron chi connectivity index (χ0n) is 12.6. The number of fused-ring (bicyclic) bond motifs is 3. The molecular formula is C16H18N2O4S. The van der Waals surface area contributed by atoms with Gasteiger partial charge in [0.25, 0.3) is 0 Å². The summed E-state index contributed by atoms with van der Waals surface area (Å²) in [5.74, 6) is 1.20. The van der Waals surface area contributed by atoms with Crippen LogP contribution in [0, 0.1) is 0 Å². The molecule has 0 atom stereocenters. The van der Waals surface area contributed by atoms with Crippen LogP contribution in [0.25, 0.3) is 11.3 Å². The Morgan fingerprint density at radius 1 is 1.17 bits per heavy atom. The number of sulfonamides is 1. The van der Waals surface area contributed by atoms with Crippen LogP contribution in [0.2, 0.25) is 0 Å². The molecule has 2 aromatic rings. The highest BCUT2D eigenvalue weighted by molar-refractivity contribution is 7.89. The Bertz CT molecular complexity index is 822. The predicted molar refractivity (Wildman–Crippen MR) is 83.5 cm³/mol. The highest BCUT2D eigenvalue weighted by Crippen LogP contribution is 2.38. The van der Waals surface area contributed by atoms with E-state index in [1.165, 1.54) is 6.42 Å². The SMILES string of the molecule is O=S(=O)(NC1CCCCC1)c1ccc2c(c1)-c1oncc1CO2. The Kier molecular flexibility index (Phi) is 3.61. The second-order valence-electron chi connectivity index (χ2n) is 6.08. The summed E-state index contributed by atoms with van der Waals surface area (Å²) in [5, 5.41) is 3.77. The van der Waals surface area contributed by atoms with E-state index in [1.807, 2.05) is 0 Å². The van der Waals surface area contributed by atoms with Gasteiger partial charge >= 0.3 is 0 Å². The molecule has 122 valence electrons. The first-order valence-electron chi connectivity index (χ1n) is 7.86. The van der Waals surface area contributed by atoms with Crippen LogP contribution in [0.4, 0.5) is 0 Å². The van der Waals surface area contributed by atoms with Crippen molar-refractivity contribution >= 4 is 10.0 Å². The first-order chi connectivity index (χ1) is 11.1. The minimum Gasteiger partial charge on any atom is -0.488 e. The van der Waals surface area contributed by atoms with Crippen LogP contribution < -0.4 is 9.46 Å². The monoisotopic (exact) mass is 334 g/mol. The van der Waals surface area contributed by atoms with Gasteiger partial charge in [0.15, 0.2) is 5.76 Å².